The van der Waals surface area contributed by atoms with E-state index in [9.17, 15) is 0 Å². The third kappa shape index (κ3) is 3.97. The van der Waals surface area contributed by atoms with Gasteiger partial charge in [-0.3, -0.25) is 0 Å². The average molecular weight is 585 g/mol. The molecule has 0 aromatic heterocycles. The normalized spacial score (nSPS) is 25.6. The fourth-order valence-electron chi connectivity index (χ4n) is 10.9. The molecule has 0 radical (unpaired) electrons. The van der Waals surface area contributed by atoms with Crippen LogP contribution in [0.2, 0.25) is 0 Å². The summed E-state index contributed by atoms with van der Waals surface area (Å²) in [5.41, 5.74) is 14.0. The monoisotopic (exact) mass is 584 g/mol. The van der Waals surface area contributed by atoms with Crippen LogP contribution in [0.4, 0.5) is 0 Å². The van der Waals surface area contributed by atoms with Gasteiger partial charge >= 0.3 is 0 Å². The molecule has 4 fully saturated rings. The maximum atomic E-state index is 2.53. The molecule has 224 valence electrons. The lowest BCUT2D eigenvalue weighted by atomic mass is 9.48. The Bertz CT molecular complexity index is 1810. The van der Waals surface area contributed by atoms with Crippen molar-refractivity contribution in [1.82, 2.24) is 0 Å². The Morgan fingerprint density at radius 2 is 1.04 bits per heavy atom. The van der Waals surface area contributed by atoms with E-state index in [1.165, 1.54) is 88.6 Å². The summed E-state index contributed by atoms with van der Waals surface area (Å²) in [7, 11) is 0. The molecule has 5 aromatic carbocycles. The van der Waals surface area contributed by atoms with Crippen LogP contribution in [0.15, 0.2) is 121 Å². The van der Waals surface area contributed by atoms with Crippen LogP contribution in [-0.2, 0) is 16.2 Å². The molecule has 0 heterocycles. The van der Waals surface area contributed by atoms with E-state index in [-0.39, 0.29) is 5.41 Å². The Morgan fingerprint density at radius 1 is 0.511 bits per heavy atom. The van der Waals surface area contributed by atoms with Crippen molar-refractivity contribution in [1.29, 1.82) is 0 Å². The molecule has 0 heteroatoms. The molecule has 4 bridgehead atoms. The van der Waals surface area contributed by atoms with Gasteiger partial charge in [0, 0.05) is 0 Å². The van der Waals surface area contributed by atoms with Crippen LogP contribution >= 0.6 is 0 Å². The van der Waals surface area contributed by atoms with Gasteiger partial charge in [0.1, 0.15) is 0 Å². The molecule has 0 spiro atoms. The lowest BCUT2D eigenvalue weighted by molar-refractivity contribution is -0.00518. The largest absolute Gasteiger partial charge is 0.0719 e. The molecular formula is C45H44. The summed E-state index contributed by atoms with van der Waals surface area (Å²) in [5.74, 6) is 2.88. The van der Waals surface area contributed by atoms with E-state index >= 15 is 0 Å². The number of hydrogen-bond donors (Lipinski definition) is 0. The van der Waals surface area contributed by atoms with Gasteiger partial charge in [0.05, 0.1) is 5.41 Å². The van der Waals surface area contributed by atoms with Crippen molar-refractivity contribution in [2.24, 2.45) is 17.8 Å². The van der Waals surface area contributed by atoms with Gasteiger partial charge in [0.2, 0.25) is 0 Å². The van der Waals surface area contributed by atoms with Crippen LogP contribution in [0, 0.1) is 17.8 Å². The van der Waals surface area contributed by atoms with Gasteiger partial charge in [0.15, 0.2) is 0 Å². The van der Waals surface area contributed by atoms with Crippen molar-refractivity contribution in [3.63, 3.8) is 0 Å². The van der Waals surface area contributed by atoms with E-state index in [0.29, 0.717) is 5.41 Å². The average Bonchev–Trinajstić information content (AvgIpc) is 3.36. The second-order valence-electron chi connectivity index (χ2n) is 16.0. The molecule has 0 atom stereocenters. The molecule has 0 aliphatic heterocycles. The van der Waals surface area contributed by atoms with E-state index in [1.807, 2.05) is 0 Å². The smallest absolute Gasteiger partial charge is 0.0622 e. The van der Waals surface area contributed by atoms with Gasteiger partial charge in [-0.25, -0.2) is 0 Å². The molecule has 0 unspecified atom stereocenters. The Hall–Kier alpha value is -3.90. The predicted octanol–water partition coefficient (Wildman–Crippen LogP) is 11.5. The van der Waals surface area contributed by atoms with Crippen molar-refractivity contribution in [2.45, 2.75) is 75.5 Å². The van der Waals surface area contributed by atoms with Gasteiger partial charge in [-0.2, -0.15) is 0 Å². The van der Waals surface area contributed by atoms with Crippen molar-refractivity contribution in [3.05, 3.63) is 155 Å². The van der Waals surface area contributed by atoms with Crippen molar-refractivity contribution >= 4 is 0 Å². The first kappa shape index (κ1) is 27.4. The van der Waals surface area contributed by atoms with Gasteiger partial charge in [-0.05, 0) is 123 Å². The lowest BCUT2D eigenvalue weighted by Gasteiger charge is -2.57. The summed E-state index contributed by atoms with van der Waals surface area (Å²) in [6.07, 6.45) is 8.71. The topological polar surface area (TPSA) is 0 Å². The maximum absolute atomic E-state index is 2.53. The Balaban J connectivity index is 1.29. The summed E-state index contributed by atoms with van der Waals surface area (Å²) in [6.45, 7) is 7.08. The van der Waals surface area contributed by atoms with E-state index in [0.717, 1.165) is 17.8 Å². The summed E-state index contributed by atoms with van der Waals surface area (Å²) < 4.78 is 0. The minimum Gasteiger partial charge on any atom is -0.0622 e. The molecule has 5 aromatic rings. The fourth-order valence-corrected chi connectivity index (χ4v) is 10.9. The molecule has 0 nitrogen and oxygen atoms in total. The highest BCUT2D eigenvalue weighted by Crippen LogP contribution is 2.62. The summed E-state index contributed by atoms with van der Waals surface area (Å²) >= 11 is 0. The first-order valence-electron chi connectivity index (χ1n) is 17.4. The number of hydrogen-bond acceptors (Lipinski definition) is 0. The fraction of sp³-hybridized carbons (Fsp3) is 0.333. The van der Waals surface area contributed by atoms with Crippen LogP contribution in [0.5, 0.6) is 0 Å². The molecule has 4 saturated carbocycles. The van der Waals surface area contributed by atoms with E-state index < -0.39 is 5.41 Å². The van der Waals surface area contributed by atoms with Crippen LogP contribution in [0.25, 0.3) is 22.3 Å². The minimum absolute atomic E-state index is 0.0155. The lowest BCUT2D eigenvalue weighted by Crippen LogP contribution is -2.48. The van der Waals surface area contributed by atoms with Gasteiger partial charge in [0.25, 0.3) is 0 Å². The van der Waals surface area contributed by atoms with Gasteiger partial charge in [-0.1, -0.05) is 142 Å². The van der Waals surface area contributed by atoms with E-state index in [4.69, 9.17) is 0 Å². The van der Waals surface area contributed by atoms with Crippen LogP contribution in [0.1, 0.15) is 92.7 Å². The third-order valence-corrected chi connectivity index (χ3v) is 12.2. The quantitative estimate of drug-likeness (QED) is 0.193. The third-order valence-electron chi connectivity index (χ3n) is 12.2. The zero-order valence-corrected chi connectivity index (χ0v) is 27.0. The highest BCUT2D eigenvalue weighted by molar-refractivity contribution is 5.94. The van der Waals surface area contributed by atoms with E-state index in [2.05, 4.69) is 142 Å². The Kier molecular flexibility index (Phi) is 5.97. The number of rotatable bonds is 4. The number of fused-ring (bicyclic) bond motifs is 3. The Morgan fingerprint density at radius 3 is 1.60 bits per heavy atom. The highest BCUT2D eigenvalue weighted by Gasteiger charge is 2.52. The second-order valence-corrected chi connectivity index (χ2v) is 16.0. The van der Waals surface area contributed by atoms with Crippen molar-refractivity contribution in [2.75, 3.05) is 0 Å². The maximum Gasteiger partial charge on any atom is 0.0719 e. The molecule has 10 rings (SSSR count). The predicted molar refractivity (Wildman–Crippen MR) is 188 cm³/mol. The summed E-state index contributed by atoms with van der Waals surface area (Å²) in [4.78, 5) is 0. The summed E-state index contributed by atoms with van der Waals surface area (Å²) in [6, 6.07) is 46.7. The first-order chi connectivity index (χ1) is 21.9. The summed E-state index contributed by atoms with van der Waals surface area (Å²) in [5, 5.41) is 0. The first-order valence-corrected chi connectivity index (χ1v) is 17.4. The number of benzene rings is 5. The van der Waals surface area contributed by atoms with Gasteiger partial charge in [-0.15, -0.1) is 0 Å². The van der Waals surface area contributed by atoms with Crippen LogP contribution < -0.4 is 0 Å². The molecule has 0 N–H and O–H groups in total. The molecule has 0 amide bonds. The van der Waals surface area contributed by atoms with Crippen molar-refractivity contribution in [3.8, 4) is 22.3 Å². The van der Waals surface area contributed by atoms with Gasteiger partial charge < -0.3 is 0 Å². The standard InChI is InChI=1S/C45H44/c1-43(2,3)39-18-11-19-40-41(39)38-17-10-16-37(42(38)45(40,35-12-6-4-7-13-35)36-14-8-5-9-15-36)33-20-22-34(23-21-33)44-27-30-24-31(28-44)26-32(25-30)29-44/h4-23,30-32H,24-29H2,1-3H3. The molecule has 5 aliphatic carbocycles. The van der Waals surface area contributed by atoms with Crippen molar-refractivity contribution < 1.29 is 0 Å². The zero-order valence-electron chi connectivity index (χ0n) is 27.0. The minimum atomic E-state index is -0.413. The molecule has 45 heavy (non-hydrogen) atoms. The second kappa shape index (κ2) is 9.80. The zero-order chi connectivity index (χ0) is 30.4. The van der Waals surface area contributed by atoms with E-state index in [1.54, 1.807) is 5.56 Å². The molecule has 0 saturated heterocycles. The van der Waals surface area contributed by atoms with Crippen LogP contribution in [0.3, 0.4) is 0 Å². The Labute approximate surface area is 269 Å². The van der Waals surface area contributed by atoms with Crippen LogP contribution in [-0.4, -0.2) is 0 Å². The highest BCUT2D eigenvalue weighted by atomic mass is 14.6. The molecule has 5 aliphatic rings. The SMILES string of the molecule is CC(C)(C)c1cccc2c1-c1cccc(-c3ccc(C45CC6CC(CC(C6)C4)C5)cc3)c1C2(c1ccccc1)c1ccccc1. The molecular weight excluding hydrogens is 540 g/mol.